The van der Waals surface area contributed by atoms with Crippen LogP contribution in [-0.4, -0.2) is 24.0 Å². The topological polar surface area (TPSA) is 19.0 Å². The van der Waals surface area contributed by atoms with E-state index in [9.17, 15) is 0 Å². The number of hydrogen-bond acceptors (Lipinski definition) is 1. The van der Waals surface area contributed by atoms with Crippen LogP contribution in [-0.2, 0) is 12.0 Å². The molecule has 0 bridgehead atoms. The Bertz CT molecular complexity index is 271. The summed E-state index contributed by atoms with van der Waals surface area (Å²) in [5, 5.41) is 0. The largest absolute Gasteiger partial charge is 0.361 e. The second kappa shape index (κ2) is 3.54. The molecule has 1 rings (SSSR count). The van der Waals surface area contributed by atoms with Crippen molar-refractivity contribution >= 4 is 0 Å². The van der Waals surface area contributed by atoms with Gasteiger partial charge in [0.05, 0.1) is 0 Å². The molecule has 0 aromatic carbocycles. The third-order valence-corrected chi connectivity index (χ3v) is 2.04. The Hall–Kier alpha value is -0.760. The van der Waals surface area contributed by atoms with E-state index in [-0.39, 0.29) is 6.84 Å². The Labute approximate surface area is 82.4 Å². The molecule has 0 fully saturated rings. The first-order valence-corrected chi connectivity index (χ1v) is 4.72. The van der Waals surface area contributed by atoms with Crippen LogP contribution < -0.4 is 0 Å². The maximum atomic E-state index is 3.44. The van der Waals surface area contributed by atoms with Crippen molar-refractivity contribution in [1.82, 2.24) is 9.88 Å². The van der Waals surface area contributed by atoms with Gasteiger partial charge >= 0.3 is 0 Å². The minimum atomic E-state index is 0. The number of H-pyrrole nitrogens is 1. The van der Waals surface area contributed by atoms with Crippen molar-refractivity contribution in [2.75, 3.05) is 14.1 Å². The van der Waals surface area contributed by atoms with Crippen LogP contribution in [0.25, 0.3) is 0 Å². The van der Waals surface area contributed by atoms with Crippen LogP contribution in [0.1, 0.15) is 33.6 Å². The van der Waals surface area contributed by atoms with Gasteiger partial charge < -0.3 is 9.88 Å². The molecule has 1 aromatic rings. The molecule has 0 aliphatic carbocycles. The van der Waals surface area contributed by atoms with Gasteiger partial charge in [0.2, 0.25) is 0 Å². The summed E-state index contributed by atoms with van der Waals surface area (Å²) >= 11 is 0. The molecule has 2 nitrogen and oxygen atoms in total. The molecule has 0 saturated carbocycles. The Morgan fingerprint density at radius 2 is 1.92 bits per heavy atom. The standard InChI is InChI=1S/C11H20N2.H2/c1-11(2,3)10-7-6-9(12-10)8-13(4)5;/h6-7,12H,8H2,1-5H3;1H. The predicted molar refractivity (Wildman–Crippen MR) is 59.0 cm³/mol. The van der Waals surface area contributed by atoms with Gasteiger partial charge in [-0.2, -0.15) is 0 Å². The first-order chi connectivity index (χ1) is 5.89. The van der Waals surface area contributed by atoms with E-state index in [1.54, 1.807) is 0 Å². The van der Waals surface area contributed by atoms with Gasteiger partial charge in [-0.15, -0.1) is 0 Å². The van der Waals surface area contributed by atoms with Gasteiger partial charge in [0.25, 0.3) is 0 Å². The average Bonchev–Trinajstić information content (AvgIpc) is 2.32. The third-order valence-electron chi connectivity index (χ3n) is 2.04. The van der Waals surface area contributed by atoms with Gasteiger partial charge in [0.1, 0.15) is 0 Å². The highest BCUT2D eigenvalue weighted by Crippen LogP contribution is 2.21. The van der Waals surface area contributed by atoms with Gasteiger partial charge in [0, 0.05) is 24.8 Å². The van der Waals surface area contributed by atoms with Crippen LogP contribution in [0.4, 0.5) is 0 Å². The molecule has 0 amide bonds. The molecule has 1 N–H and O–H groups in total. The molecule has 0 saturated heterocycles. The molecule has 0 unspecified atom stereocenters. The van der Waals surface area contributed by atoms with Gasteiger partial charge in [0.15, 0.2) is 0 Å². The summed E-state index contributed by atoms with van der Waals surface area (Å²) in [5.74, 6) is 0. The summed E-state index contributed by atoms with van der Waals surface area (Å²) in [4.78, 5) is 5.61. The molecule has 0 aliphatic heterocycles. The highest BCUT2D eigenvalue weighted by molar-refractivity contribution is 5.19. The lowest BCUT2D eigenvalue weighted by Crippen LogP contribution is -2.13. The smallest absolute Gasteiger partial charge is 0.0379 e. The minimum Gasteiger partial charge on any atom is -0.361 e. The zero-order chi connectivity index (χ0) is 10.1. The molecule has 0 atom stereocenters. The third kappa shape index (κ3) is 2.88. The molecule has 13 heavy (non-hydrogen) atoms. The molecular weight excluding hydrogens is 160 g/mol. The zero-order valence-electron chi connectivity index (χ0n) is 9.31. The summed E-state index contributed by atoms with van der Waals surface area (Å²) in [7, 11) is 4.16. The van der Waals surface area contributed by atoms with Crippen molar-refractivity contribution in [3.05, 3.63) is 23.5 Å². The van der Waals surface area contributed by atoms with Crippen molar-refractivity contribution in [3.8, 4) is 0 Å². The molecule has 0 spiro atoms. The zero-order valence-corrected chi connectivity index (χ0v) is 9.31. The van der Waals surface area contributed by atoms with Crippen molar-refractivity contribution in [1.29, 1.82) is 0 Å². The molecule has 0 aliphatic rings. The van der Waals surface area contributed by atoms with Crippen LogP contribution in [0, 0.1) is 0 Å². The highest BCUT2D eigenvalue weighted by Gasteiger charge is 2.15. The van der Waals surface area contributed by atoms with Crippen molar-refractivity contribution in [2.45, 2.75) is 32.7 Å². The highest BCUT2D eigenvalue weighted by atomic mass is 15.1. The predicted octanol–water partition coefficient (Wildman–Crippen LogP) is 2.62. The van der Waals surface area contributed by atoms with Crippen LogP contribution in [0.15, 0.2) is 12.1 Å². The SMILES string of the molecule is CN(C)Cc1ccc(C(C)(C)C)[nH]1.[HH]. The van der Waals surface area contributed by atoms with Gasteiger partial charge in [-0.3, -0.25) is 0 Å². The van der Waals surface area contributed by atoms with E-state index in [0.717, 1.165) is 6.54 Å². The first-order valence-electron chi connectivity index (χ1n) is 4.72. The second-order valence-electron chi connectivity index (χ2n) is 4.89. The molecule has 1 heterocycles. The molecule has 0 radical (unpaired) electrons. The molecule has 1 aromatic heterocycles. The fourth-order valence-electron chi connectivity index (χ4n) is 1.31. The Kier molecular flexibility index (Phi) is 2.81. The van der Waals surface area contributed by atoms with E-state index in [1.807, 2.05) is 0 Å². The van der Waals surface area contributed by atoms with E-state index in [4.69, 9.17) is 0 Å². The Morgan fingerprint density at radius 1 is 1.31 bits per heavy atom. The molecule has 76 valence electrons. The van der Waals surface area contributed by atoms with E-state index < -0.39 is 0 Å². The van der Waals surface area contributed by atoms with E-state index in [0.29, 0.717) is 0 Å². The lowest BCUT2D eigenvalue weighted by atomic mass is 9.93. The van der Waals surface area contributed by atoms with Crippen molar-refractivity contribution in [2.24, 2.45) is 0 Å². The maximum Gasteiger partial charge on any atom is 0.0379 e. The van der Waals surface area contributed by atoms with Gasteiger partial charge in [-0.25, -0.2) is 0 Å². The summed E-state index contributed by atoms with van der Waals surface area (Å²) in [6.45, 7) is 7.64. The van der Waals surface area contributed by atoms with Crippen LogP contribution >= 0.6 is 0 Å². The van der Waals surface area contributed by atoms with Crippen molar-refractivity contribution < 1.29 is 1.43 Å². The number of rotatable bonds is 2. The Morgan fingerprint density at radius 3 is 2.31 bits per heavy atom. The summed E-state index contributed by atoms with van der Waals surface area (Å²) in [6.07, 6.45) is 0. The number of nitrogens with one attached hydrogen (secondary N) is 1. The second-order valence-corrected chi connectivity index (χ2v) is 4.89. The number of aromatic nitrogens is 1. The van der Waals surface area contributed by atoms with Gasteiger partial charge in [-0.05, 0) is 26.2 Å². The van der Waals surface area contributed by atoms with E-state index in [1.165, 1.54) is 11.4 Å². The van der Waals surface area contributed by atoms with Crippen LogP contribution in [0.5, 0.6) is 0 Å². The fraction of sp³-hybridized carbons (Fsp3) is 0.636. The Balaban J connectivity index is 0.00000169. The lowest BCUT2D eigenvalue weighted by Gasteiger charge is -2.16. The monoisotopic (exact) mass is 182 g/mol. The number of aromatic amines is 1. The summed E-state index contributed by atoms with van der Waals surface area (Å²) in [6, 6.07) is 4.35. The summed E-state index contributed by atoms with van der Waals surface area (Å²) in [5.41, 5.74) is 2.82. The quantitative estimate of drug-likeness (QED) is 0.745. The fourth-order valence-corrected chi connectivity index (χ4v) is 1.31. The minimum absolute atomic E-state index is 0. The normalized spacial score (nSPS) is 12.5. The van der Waals surface area contributed by atoms with E-state index in [2.05, 4.69) is 56.9 Å². The maximum absolute atomic E-state index is 3.44. The van der Waals surface area contributed by atoms with Crippen LogP contribution in [0.3, 0.4) is 0 Å². The molecular formula is C11H22N2. The van der Waals surface area contributed by atoms with E-state index >= 15 is 0 Å². The first kappa shape index (κ1) is 10.3. The average molecular weight is 182 g/mol. The number of hydrogen-bond donors (Lipinski definition) is 1. The summed E-state index contributed by atoms with van der Waals surface area (Å²) < 4.78 is 0. The van der Waals surface area contributed by atoms with Gasteiger partial charge in [-0.1, -0.05) is 20.8 Å². The lowest BCUT2D eigenvalue weighted by molar-refractivity contribution is 0.396. The van der Waals surface area contributed by atoms with Crippen molar-refractivity contribution in [3.63, 3.8) is 0 Å². The molecule has 2 heteroatoms. The number of nitrogens with zero attached hydrogens (tertiary/aromatic N) is 1. The van der Waals surface area contributed by atoms with Crippen LogP contribution in [0.2, 0.25) is 0 Å².